The van der Waals surface area contributed by atoms with E-state index < -0.39 is 0 Å². The summed E-state index contributed by atoms with van der Waals surface area (Å²) in [6.45, 7) is 2.15. The van der Waals surface area contributed by atoms with Crippen LogP contribution in [0.25, 0.3) is 5.57 Å². The molecule has 0 N–H and O–H groups in total. The molecule has 3 aromatic carbocycles. The number of aryl methyl sites for hydroxylation is 1. The first-order chi connectivity index (χ1) is 14.3. The van der Waals surface area contributed by atoms with Gasteiger partial charge in [-0.2, -0.15) is 0 Å². The molecule has 4 rings (SSSR count). The first-order valence-corrected chi connectivity index (χ1v) is 10.1. The first-order valence-electron chi connectivity index (χ1n) is 10.1. The molecule has 0 saturated carbocycles. The van der Waals surface area contributed by atoms with Gasteiger partial charge < -0.3 is 0 Å². The Hall–Kier alpha value is -3.45. The van der Waals surface area contributed by atoms with Gasteiger partial charge in [0.05, 0.1) is 0 Å². The molecule has 0 aliphatic carbocycles. The Balaban J connectivity index is 1.90. The van der Waals surface area contributed by atoms with Gasteiger partial charge in [-0.1, -0.05) is 103 Å². The summed E-state index contributed by atoms with van der Waals surface area (Å²) in [4.78, 5) is 4.70. The molecule has 1 heterocycles. The molecule has 0 amide bonds. The highest BCUT2D eigenvalue weighted by Gasteiger charge is 2.15. The van der Waals surface area contributed by atoms with Crippen LogP contribution in [0.2, 0.25) is 0 Å². The van der Waals surface area contributed by atoms with Crippen LogP contribution in [0.4, 0.5) is 0 Å². The first kappa shape index (κ1) is 18.9. The quantitative estimate of drug-likeness (QED) is 0.366. The van der Waals surface area contributed by atoms with E-state index in [1.807, 2.05) is 12.3 Å². The summed E-state index contributed by atoms with van der Waals surface area (Å²) >= 11 is 0. The maximum absolute atomic E-state index is 4.70. The van der Waals surface area contributed by atoms with Gasteiger partial charge in [-0.3, -0.25) is 4.98 Å². The molecule has 0 spiro atoms. The number of rotatable bonds is 6. The number of hydrogen-bond acceptors (Lipinski definition) is 1. The van der Waals surface area contributed by atoms with Crippen LogP contribution in [0.5, 0.6) is 0 Å². The summed E-state index contributed by atoms with van der Waals surface area (Å²) in [6, 6.07) is 36.3. The van der Waals surface area contributed by atoms with E-state index in [4.69, 9.17) is 4.98 Å². The van der Waals surface area contributed by atoms with Crippen LogP contribution in [-0.2, 0) is 12.8 Å². The highest BCUT2D eigenvalue weighted by Crippen LogP contribution is 2.31. The van der Waals surface area contributed by atoms with Crippen LogP contribution < -0.4 is 0 Å². The fraction of sp³-hybridized carbons (Fsp3) is 0.107. The molecule has 0 unspecified atom stereocenters. The number of nitrogens with zero attached hydrogens (tertiary/aromatic N) is 1. The van der Waals surface area contributed by atoms with Crippen LogP contribution in [-0.4, -0.2) is 4.98 Å². The van der Waals surface area contributed by atoms with Gasteiger partial charge in [-0.15, -0.1) is 0 Å². The van der Waals surface area contributed by atoms with Crippen LogP contribution in [0.15, 0.2) is 115 Å². The zero-order valence-electron chi connectivity index (χ0n) is 16.8. The fourth-order valence-electron chi connectivity index (χ4n) is 3.77. The van der Waals surface area contributed by atoms with Gasteiger partial charge in [0.2, 0.25) is 0 Å². The molecule has 1 heteroatoms. The Morgan fingerprint density at radius 2 is 1.17 bits per heavy atom. The second kappa shape index (κ2) is 9.16. The van der Waals surface area contributed by atoms with E-state index in [-0.39, 0.29) is 0 Å². The summed E-state index contributed by atoms with van der Waals surface area (Å²) in [5, 5.41) is 0. The number of benzene rings is 3. The van der Waals surface area contributed by atoms with Crippen molar-refractivity contribution in [2.75, 3.05) is 0 Å². The van der Waals surface area contributed by atoms with Crippen LogP contribution in [0.3, 0.4) is 0 Å². The average molecular weight is 376 g/mol. The highest BCUT2D eigenvalue weighted by molar-refractivity contribution is 5.82. The van der Waals surface area contributed by atoms with Crippen molar-refractivity contribution in [3.63, 3.8) is 0 Å². The summed E-state index contributed by atoms with van der Waals surface area (Å²) in [5.74, 6) is 0. The molecule has 0 bridgehead atoms. The van der Waals surface area contributed by atoms with Gasteiger partial charge in [0.15, 0.2) is 0 Å². The average Bonchev–Trinajstić information content (AvgIpc) is 2.78. The van der Waals surface area contributed by atoms with Crippen molar-refractivity contribution in [1.29, 1.82) is 0 Å². The zero-order valence-corrected chi connectivity index (χ0v) is 16.8. The van der Waals surface area contributed by atoms with Crippen molar-refractivity contribution in [3.8, 4) is 0 Å². The van der Waals surface area contributed by atoms with Crippen LogP contribution in [0, 0.1) is 6.92 Å². The third-order valence-corrected chi connectivity index (χ3v) is 5.24. The maximum Gasteiger partial charge on any atom is 0.0473 e. The molecule has 4 aromatic rings. The molecule has 0 fully saturated rings. The summed E-state index contributed by atoms with van der Waals surface area (Å²) < 4.78 is 0. The van der Waals surface area contributed by atoms with E-state index in [0.29, 0.717) is 0 Å². The minimum atomic E-state index is 0.834. The predicted octanol–water partition coefficient (Wildman–Crippen LogP) is 6.68. The van der Waals surface area contributed by atoms with E-state index >= 15 is 0 Å². The summed E-state index contributed by atoms with van der Waals surface area (Å²) in [6.07, 6.45) is 3.63. The summed E-state index contributed by atoms with van der Waals surface area (Å²) in [7, 11) is 0. The second-order valence-corrected chi connectivity index (χ2v) is 7.32. The van der Waals surface area contributed by atoms with Crippen molar-refractivity contribution in [2.45, 2.75) is 19.8 Å². The lowest BCUT2D eigenvalue weighted by Crippen LogP contribution is -2.04. The third-order valence-electron chi connectivity index (χ3n) is 5.24. The Kier molecular flexibility index (Phi) is 5.97. The van der Waals surface area contributed by atoms with Gasteiger partial charge >= 0.3 is 0 Å². The minimum Gasteiger partial charge on any atom is -0.261 e. The predicted molar refractivity (Wildman–Crippen MR) is 122 cm³/mol. The molecule has 0 radical (unpaired) electrons. The lowest BCUT2D eigenvalue weighted by molar-refractivity contribution is 0.972. The number of aromatic nitrogens is 1. The number of hydrogen-bond donors (Lipinski definition) is 0. The lowest BCUT2D eigenvalue weighted by atomic mass is 9.87. The van der Waals surface area contributed by atoms with Crippen LogP contribution >= 0.6 is 0 Å². The van der Waals surface area contributed by atoms with Gasteiger partial charge in [0.1, 0.15) is 0 Å². The number of pyridine rings is 1. The van der Waals surface area contributed by atoms with Crippen molar-refractivity contribution in [2.24, 2.45) is 0 Å². The van der Waals surface area contributed by atoms with E-state index in [0.717, 1.165) is 18.5 Å². The van der Waals surface area contributed by atoms with Gasteiger partial charge in [-0.25, -0.2) is 0 Å². The molecule has 1 aromatic heterocycles. The molecule has 142 valence electrons. The Labute approximate surface area is 173 Å². The molecule has 0 saturated heterocycles. The van der Waals surface area contributed by atoms with Crippen molar-refractivity contribution < 1.29 is 0 Å². The van der Waals surface area contributed by atoms with Gasteiger partial charge in [0.25, 0.3) is 0 Å². The van der Waals surface area contributed by atoms with Crippen molar-refractivity contribution in [3.05, 3.63) is 143 Å². The van der Waals surface area contributed by atoms with E-state index in [2.05, 4.69) is 104 Å². The normalized spacial score (nSPS) is 10.5. The zero-order chi connectivity index (χ0) is 19.9. The molecule has 0 aliphatic rings. The Morgan fingerprint density at radius 1 is 0.621 bits per heavy atom. The van der Waals surface area contributed by atoms with E-state index in [1.54, 1.807) is 0 Å². The highest BCUT2D eigenvalue weighted by atomic mass is 14.7. The van der Waals surface area contributed by atoms with Crippen molar-refractivity contribution >= 4 is 5.57 Å². The molecular formula is C28H25N. The number of allylic oxidation sites excluding steroid dienone is 1. The van der Waals surface area contributed by atoms with E-state index in [9.17, 15) is 0 Å². The lowest BCUT2D eigenvalue weighted by Gasteiger charge is -2.18. The smallest absolute Gasteiger partial charge is 0.0473 e. The monoisotopic (exact) mass is 375 g/mol. The SMILES string of the molecule is Cc1cccnc1CC(Cc1ccccc1)=C(c1ccccc1)c1ccccc1. The van der Waals surface area contributed by atoms with Crippen molar-refractivity contribution in [1.82, 2.24) is 4.98 Å². The van der Waals surface area contributed by atoms with E-state index in [1.165, 1.54) is 33.4 Å². The molecule has 1 nitrogen and oxygen atoms in total. The Bertz CT molecular complexity index is 1040. The molecule has 29 heavy (non-hydrogen) atoms. The largest absolute Gasteiger partial charge is 0.261 e. The standard InChI is InChI=1S/C28H25N/c1-22-12-11-19-29-27(22)21-26(20-23-13-5-2-6-14-23)28(24-15-7-3-8-16-24)25-17-9-4-10-18-25/h2-19H,20-21H2,1H3. The maximum atomic E-state index is 4.70. The van der Waals surface area contributed by atoms with Gasteiger partial charge in [-0.05, 0) is 47.2 Å². The Morgan fingerprint density at radius 3 is 1.72 bits per heavy atom. The van der Waals surface area contributed by atoms with Gasteiger partial charge in [0, 0.05) is 18.3 Å². The second-order valence-electron chi connectivity index (χ2n) is 7.32. The molecule has 0 atom stereocenters. The topological polar surface area (TPSA) is 12.9 Å². The fourth-order valence-corrected chi connectivity index (χ4v) is 3.77. The molecular weight excluding hydrogens is 350 g/mol. The third kappa shape index (κ3) is 4.70. The molecule has 0 aliphatic heterocycles. The minimum absolute atomic E-state index is 0.834. The summed E-state index contributed by atoms with van der Waals surface area (Å²) in [5.41, 5.74) is 8.88. The van der Waals surface area contributed by atoms with Crippen LogP contribution in [0.1, 0.15) is 27.9 Å².